The molecule has 0 bridgehead atoms. The summed E-state index contributed by atoms with van der Waals surface area (Å²) in [5, 5.41) is 13.3. The predicted octanol–water partition coefficient (Wildman–Crippen LogP) is 3.03. The molecule has 116 valence electrons. The molecule has 0 aliphatic heterocycles. The van der Waals surface area contributed by atoms with Crippen LogP contribution < -0.4 is 5.32 Å². The average Bonchev–Trinajstić information content (AvgIpc) is 2.41. The summed E-state index contributed by atoms with van der Waals surface area (Å²) in [6.45, 7) is 15.7. The molecule has 3 heteroatoms. The lowest BCUT2D eigenvalue weighted by molar-refractivity contribution is 0.126. The number of rotatable bonds is 11. The molecule has 0 aliphatic carbocycles. The topological polar surface area (TPSA) is 35.5 Å². The van der Waals surface area contributed by atoms with E-state index in [1.54, 1.807) is 0 Å². The fourth-order valence-corrected chi connectivity index (χ4v) is 2.77. The van der Waals surface area contributed by atoms with Crippen molar-refractivity contribution in [1.29, 1.82) is 0 Å². The Labute approximate surface area is 120 Å². The van der Waals surface area contributed by atoms with E-state index in [9.17, 15) is 5.11 Å². The van der Waals surface area contributed by atoms with Crippen LogP contribution in [0.5, 0.6) is 0 Å². The average molecular weight is 272 g/mol. The standard InChI is InChI=1S/C16H36N2O/c1-7-15(6)18(9-3)12-10-11-16(8-2,13-19)17-14(4)5/h14-15,17,19H,7-13H2,1-6H3. The normalized spacial score (nSPS) is 16.9. The Balaban J connectivity index is 4.32. The minimum absolute atomic E-state index is 0.0942. The maximum Gasteiger partial charge on any atom is 0.0613 e. The predicted molar refractivity (Wildman–Crippen MR) is 84.6 cm³/mol. The van der Waals surface area contributed by atoms with Crippen molar-refractivity contribution in [3.63, 3.8) is 0 Å². The lowest BCUT2D eigenvalue weighted by Gasteiger charge is -2.35. The Morgan fingerprint density at radius 3 is 2.16 bits per heavy atom. The highest BCUT2D eigenvalue weighted by atomic mass is 16.3. The van der Waals surface area contributed by atoms with Gasteiger partial charge in [-0.25, -0.2) is 0 Å². The molecule has 0 fully saturated rings. The van der Waals surface area contributed by atoms with Crippen LogP contribution >= 0.6 is 0 Å². The summed E-state index contributed by atoms with van der Waals surface area (Å²) in [5.74, 6) is 0. The molecule has 0 aromatic carbocycles. The van der Waals surface area contributed by atoms with Crippen molar-refractivity contribution in [2.24, 2.45) is 0 Å². The number of nitrogens with one attached hydrogen (secondary N) is 1. The highest BCUT2D eigenvalue weighted by molar-refractivity contribution is 4.87. The van der Waals surface area contributed by atoms with Crippen LogP contribution in [0.15, 0.2) is 0 Å². The number of nitrogens with zero attached hydrogens (tertiary/aromatic N) is 1. The first kappa shape index (κ1) is 18.9. The van der Waals surface area contributed by atoms with Gasteiger partial charge < -0.3 is 15.3 Å². The first-order valence-corrected chi connectivity index (χ1v) is 8.07. The monoisotopic (exact) mass is 272 g/mol. The highest BCUT2D eigenvalue weighted by Crippen LogP contribution is 2.19. The maximum atomic E-state index is 9.73. The summed E-state index contributed by atoms with van der Waals surface area (Å²) in [6.07, 6.45) is 4.38. The molecule has 0 radical (unpaired) electrons. The SMILES string of the molecule is CCC(C)N(CC)CCCC(CC)(CO)NC(C)C. The van der Waals surface area contributed by atoms with Gasteiger partial charge in [-0.15, -0.1) is 0 Å². The molecule has 0 aromatic rings. The Bertz CT molecular complexity index is 215. The van der Waals surface area contributed by atoms with Crippen LogP contribution in [0.1, 0.15) is 67.2 Å². The number of hydrogen-bond acceptors (Lipinski definition) is 3. The first-order chi connectivity index (χ1) is 8.94. The third kappa shape index (κ3) is 6.73. The molecule has 0 saturated carbocycles. The van der Waals surface area contributed by atoms with Gasteiger partial charge in [0.05, 0.1) is 6.61 Å². The van der Waals surface area contributed by atoms with Crippen LogP contribution in [0, 0.1) is 0 Å². The van der Waals surface area contributed by atoms with Crippen LogP contribution in [0.3, 0.4) is 0 Å². The van der Waals surface area contributed by atoms with Crippen LogP contribution in [-0.4, -0.2) is 47.3 Å². The van der Waals surface area contributed by atoms with Crippen molar-refractivity contribution in [2.45, 2.75) is 84.8 Å². The zero-order valence-corrected chi connectivity index (χ0v) is 14.0. The Morgan fingerprint density at radius 1 is 1.16 bits per heavy atom. The van der Waals surface area contributed by atoms with E-state index in [0.717, 1.165) is 32.4 Å². The summed E-state index contributed by atoms with van der Waals surface area (Å²) >= 11 is 0. The molecule has 2 N–H and O–H groups in total. The third-order valence-electron chi connectivity index (χ3n) is 4.30. The summed E-state index contributed by atoms with van der Waals surface area (Å²) in [4.78, 5) is 2.53. The second-order valence-corrected chi connectivity index (χ2v) is 6.08. The molecule has 0 saturated heterocycles. The van der Waals surface area contributed by atoms with Gasteiger partial charge in [0.2, 0.25) is 0 Å². The molecular weight excluding hydrogens is 236 g/mol. The fourth-order valence-electron chi connectivity index (χ4n) is 2.77. The van der Waals surface area contributed by atoms with Gasteiger partial charge in [-0.2, -0.15) is 0 Å². The van der Waals surface area contributed by atoms with Gasteiger partial charge in [0.15, 0.2) is 0 Å². The largest absolute Gasteiger partial charge is 0.394 e. The van der Waals surface area contributed by atoms with E-state index < -0.39 is 0 Å². The van der Waals surface area contributed by atoms with Crippen molar-refractivity contribution < 1.29 is 5.11 Å². The van der Waals surface area contributed by atoms with Gasteiger partial charge in [0.1, 0.15) is 0 Å². The molecule has 3 nitrogen and oxygen atoms in total. The molecule has 19 heavy (non-hydrogen) atoms. The van der Waals surface area contributed by atoms with Gasteiger partial charge in [-0.05, 0) is 45.7 Å². The molecule has 2 unspecified atom stereocenters. The second kappa shape index (κ2) is 9.73. The van der Waals surface area contributed by atoms with Crippen molar-refractivity contribution >= 4 is 0 Å². The molecule has 0 rings (SSSR count). The number of aliphatic hydroxyl groups is 1. The van der Waals surface area contributed by atoms with Gasteiger partial charge in [0.25, 0.3) is 0 Å². The molecule has 0 amide bonds. The molecule has 0 heterocycles. The molecular formula is C16H36N2O. The Morgan fingerprint density at radius 2 is 1.79 bits per heavy atom. The van der Waals surface area contributed by atoms with Crippen molar-refractivity contribution in [3.05, 3.63) is 0 Å². The second-order valence-electron chi connectivity index (χ2n) is 6.08. The van der Waals surface area contributed by atoms with Gasteiger partial charge >= 0.3 is 0 Å². The van der Waals surface area contributed by atoms with E-state index in [1.807, 2.05) is 0 Å². The van der Waals surface area contributed by atoms with Gasteiger partial charge in [-0.1, -0.05) is 34.6 Å². The van der Waals surface area contributed by atoms with Gasteiger partial charge in [-0.3, -0.25) is 0 Å². The smallest absolute Gasteiger partial charge is 0.0613 e. The summed E-state index contributed by atoms with van der Waals surface area (Å²) in [6, 6.07) is 1.08. The van der Waals surface area contributed by atoms with E-state index in [1.165, 1.54) is 6.42 Å². The maximum absolute atomic E-state index is 9.73. The fraction of sp³-hybridized carbons (Fsp3) is 1.00. The van der Waals surface area contributed by atoms with Crippen LogP contribution in [0.4, 0.5) is 0 Å². The summed E-state index contributed by atoms with van der Waals surface area (Å²) in [5.41, 5.74) is -0.0942. The van der Waals surface area contributed by atoms with Crippen LogP contribution in [0.25, 0.3) is 0 Å². The third-order valence-corrected chi connectivity index (χ3v) is 4.30. The van der Waals surface area contributed by atoms with Crippen molar-refractivity contribution in [1.82, 2.24) is 10.2 Å². The molecule has 0 aromatic heterocycles. The van der Waals surface area contributed by atoms with Crippen molar-refractivity contribution in [3.8, 4) is 0 Å². The summed E-state index contributed by atoms with van der Waals surface area (Å²) < 4.78 is 0. The van der Waals surface area contributed by atoms with E-state index in [2.05, 4.69) is 51.8 Å². The van der Waals surface area contributed by atoms with Crippen LogP contribution in [0.2, 0.25) is 0 Å². The minimum Gasteiger partial charge on any atom is -0.394 e. The van der Waals surface area contributed by atoms with E-state index >= 15 is 0 Å². The highest BCUT2D eigenvalue weighted by Gasteiger charge is 2.27. The molecule has 2 atom stereocenters. The van der Waals surface area contributed by atoms with E-state index in [0.29, 0.717) is 12.1 Å². The summed E-state index contributed by atoms with van der Waals surface area (Å²) in [7, 11) is 0. The van der Waals surface area contributed by atoms with Gasteiger partial charge in [0, 0.05) is 17.6 Å². The zero-order valence-electron chi connectivity index (χ0n) is 14.0. The molecule has 0 spiro atoms. The number of aliphatic hydroxyl groups excluding tert-OH is 1. The minimum atomic E-state index is -0.0942. The Kier molecular flexibility index (Phi) is 9.67. The van der Waals surface area contributed by atoms with E-state index in [-0.39, 0.29) is 12.1 Å². The first-order valence-electron chi connectivity index (χ1n) is 8.07. The quantitative estimate of drug-likeness (QED) is 0.607. The molecule has 0 aliphatic rings. The number of hydrogen-bond donors (Lipinski definition) is 2. The lowest BCUT2D eigenvalue weighted by Crippen LogP contribution is -2.51. The van der Waals surface area contributed by atoms with Crippen molar-refractivity contribution in [2.75, 3.05) is 19.7 Å². The van der Waals surface area contributed by atoms with Crippen LogP contribution in [-0.2, 0) is 0 Å². The Hall–Kier alpha value is -0.120. The van der Waals surface area contributed by atoms with E-state index in [4.69, 9.17) is 0 Å². The zero-order chi connectivity index (χ0) is 14.9. The lowest BCUT2D eigenvalue weighted by atomic mass is 9.90.